The van der Waals surface area contributed by atoms with Crippen LogP contribution in [0.25, 0.3) is 0 Å². The Morgan fingerprint density at radius 2 is 1.83 bits per heavy atom. The summed E-state index contributed by atoms with van der Waals surface area (Å²) in [6.07, 6.45) is 7.35. The van der Waals surface area contributed by atoms with Crippen molar-refractivity contribution in [2.24, 2.45) is 11.8 Å². The Balaban J connectivity index is 1.93. The van der Waals surface area contributed by atoms with E-state index in [0.29, 0.717) is 18.9 Å². The normalized spacial score (nSPS) is 29.5. The largest absolute Gasteiger partial charge is 0.480 e. The molecular formula is C14H23NO3. The average Bonchev–Trinajstić information content (AvgIpc) is 2.72. The number of aliphatic carboxylic acids is 1. The fourth-order valence-electron chi connectivity index (χ4n) is 3.36. The van der Waals surface area contributed by atoms with Gasteiger partial charge in [-0.3, -0.25) is 4.79 Å². The Hall–Kier alpha value is -1.06. The third-order valence-electron chi connectivity index (χ3n) is 4.46. The van der Waals surface area contributed by atoms with Crippen molar-refractivity contribution in [2.45, 2.75) is 57.9 Å². The van der Waals surface area contributed by atoms with E-state index in [1.54, 1.807) is 4.90 Å². The second-order valence-corrected chi connectivity index (χ2v) is 5.84. The molecule has 2 rings (SSSR count). The first-order valence-electron chi connectivity index (χ1n) is 7.12. The molecule has 0 aromatic rings. The van der Waals surface area contributed by atoms with Gasteiger partial charge in [0.15, 0.2) is 0 Å². The zero-order valence-corrected chi connectivity index (χ0v) is 11.1. The van der Waals surface area contributed by atoms with E-state index in [9.17, 15) is 14.7 Å². The van der Waals surface area contributed by atoms with E-state index in [1.165, 1.54) is 19.3 Å². The minimum atomic E-state index is -0.850. The molecule has 1 aliphatic carbocycles. The van der Waals surface area contributed by atoms with Crippen molar-refractivity contribution in [3.63, 3.8) is 0 Å². The quantitative estimate of drug-likeness (QED) is 0.839. The van der Waals surface area contributed by atoms with Gasteiger partial charge in [0.2, 0.25) is 5.91 Å². The number of carbonyl (C=O) groups is 2. The van der Waals surface area contributed by atoms with Gasteiger partial charge in [-0.25, -0.2) is 4.79 Å². The van der Waals surface area contributed by atoms with Crippen LogP contribution in [0.15, 0.2) is 0 Å². The molecule has 2 aliphatic rings. The average molecular weight is 253 g/mol. The number of rotatable bonds is 3. The van der Waals surface area contributed by atoms with Gasteiger partial charge >= 0.3 is 5.97 Å². The van der Waals surface area contributed by atoms with Crippen LogP contribution in [-0.2, 0) is 9.59 Å². The predicted molar refractivity (Wildman–Crippen MR) is 68.1 cm³/mol. The number of likely N-dealkylation sites (tertiary alicyclic amines) is 1. The number of carbonyl (C=O) groups excluding carboxylic acids is 1. The van der Waals surface area contributed by atoms with Gasteiger partial charge in [0.25, 0.3) is 0 Å². The molecule has 1 heterocycles. The van der Waals surface area contributed by atoms with Crippen molar-refractivity contribution in [1.29, 1.82) is 0 Å². The van der Waals surface area contributed by atoms with Crippen LogP contribution in [0.2, 0.25) is 0 Å². The van der Waals surface area contributed by atoms with Crippen molar-refractivity contribution in [1.82, 2.24) is 4.90 Å². The summed E-state index contributed by atoms with van der Waals surface area (Å²) in [7, 11) is 0. The molecule has 0 spiro atoms. The topological polar surface area (TPSA) is 57.6 Å². The van der Waals surface area contributed by atoms with Crippen LogP contribution in [0, 0.1) is 11.8 Å². The van der Waals surface area contributed by atoms with Crippen molar-refractivity contribution in [3.8, 4) is 0 Å². The maximum Gasteiger partial charge on any atom is 0.326 e. The standard InChI is InChI=1S/C14H23NO3/c1-10-7-8-15(13(10)14(17)18)12(16)9-11-5-3-2-4-6-11/h10-11,13H,2-9H2,1H3,(H,17,18). The van der Waals surface area contributed by atoms with Gasteiger partial charge in [0.05, 0.1) is 0 Å². The minimum absolute atomic E-state index is 0.0543. The smallest absolute Gasteiger partial charge is 0.326 e. The number of carboxylic acid groups (broad SMARTS) is 1. The molecule has 1 amide bonds. The van der Waals surface area contributed by atoms with Crippen LogP contribution in [0.1, 0.15) is 51.9 Å². The summed E-state index contributed by atoms with van der Waals surface area (Å²) in [6, 6.07) is -0.596. The summed E-state index contributed by atoms with van der Waals surface area (Å²) in [5, 5.41) is 9.21. The van der Waals surface area contributed by atoms with Crippen LogP contribution in [0.4, 0.5) is 0 Å². The lowest BCUT2D eigenvalue weighted by Crippen LogP contribution is -2.43. The van der Waals surface area contributed by atoms with Crippen molar-refractivity contribution >= 4 is 11.9 Å². The van der Waals surface area contributed by atoms with Gasteiger partial charge in [-0.15, -0.1) is 0 Å². The fourth-order valence-corrected chi connectivity index (χ4v) is 3.36. The maximum absolute atomic E-state index is 12.2. The van der Waals surface area contributed by atoms with Gasteiger partial charge in [0, 0.05) is 13.0 Å². The molecule has 2 fully saturated rings. The van der Waals surface area contributed by atoms with Gasteiger partial charge < -0.3 is 10.0 Å². The van der Waals surface area contributed by atoms with Crippen LogP contribution < -0.4 is 0 Å². The molecule has 1 N–H and O–H groups in total. The molecule has 1 saturated heterocycles. The van der Waals surface area contributed by atoms with Gasteiger partial charge in [-0.05, 0) is 31.1 Å². The third-order valence-corrected chi connectivity index (χ3v) is 4.46. The number of carboxylic acids is 1. The zero-order valence-electron chi connectivity index (χ0n) is 11.1. The van der Waals surface area contributed by atoms with Gasteiger partial charge in [-0.1, -0.05) is 26.2 Å². The van der Waals surface area contributed by atoms with Gasteiger partial charge in [-0.2, -0.15) is 0 Å². The van der Waals surface area contributed by atoms with E-state index in [-0.39, 0.29) is 11.8 Å². The minimum Gasteiger partial charge on any atom is -0.480 e. The highest BCUT2D eigenvalue weighted by Crippen LogP contribution is 2.30. The molecule has 1 saturated carbocycles. The van der Waals surface area contributed by atoms with Crippen LogP contribution in [0.5, 0.6) is 0 Å². The Bertz CT molecular complexity index is 323. The van der Waals surface area contributed by atoms with E-state index in [2.05, 4.69) is 0 Å². The van der Waals surface area contributed by atoms with E-state index in [1.807, 2.05) is 6.92 Å². The molecule has 102 valence electrons. The third kappa shape index (κ3) is 2.85. The molecule has 2 unspecified atom stereocenters. The molecule has 4 heteroatoms. The lowest BCUT2D eigenvalue weighted by atomic mass is 9.86. The molecule has 0 bridgehead atoms. The van der Waals surface area contributed by atoms with E-state index >= 15 is 0 Å². The molecule has 0 radical (unpaired) electrons. The van der Waals surface area contributed by atoms with Crippen LogP contribution >= 0.6 is 0 Å². The summed E-state index contributed by atoms with van der Waals surface area (Å²) in [5.74, 6) is -0.231. The first-order valence-corrected chi connectivity index (χ1v) is 7.12. The Morgan fingerprint density at radius 3 is 2.44 bits per heavy atom. The molecule has 0 aromatic carbocycles. The van der Waals surface area contributed by atoms with E-state index < -0.39 is 12.0 Å². The summed E-state index contributed by atoms with van der Waals surface area (Å²) < 4.78 is 0. The monoisotopic (exact) mass is 253 g/mol. The second-order valence-electron chi connectivity index (χ2n) is 5.84. The number of amides is 1. The molecule has 0 aromatic heterocycles. The molecule has 18 heavy (non-hydrogen) atoms. The summed E-state index contributed by atoms with van der Waals surface area (Å²) >= 11 is 0. The zero-order chi connectivity index (χ0) is 13.1. The van der Waals surface area contributed by atoms with E-state index in [4.69, 9.17) is 0 Å². The van der Waals surface area contributed by atoms with Crippen molar-refractivity contribution < 1.29 is 14.7 Å². The second kappa shape index (κ2) is 5.72. The highest BCUT2D eigenvalue weighted by atomic mass is 16.4. The maximum atomic E-state index is 12.2. The SMILES string of the molecule is CC1CCN(C(=O)CC2CCCCC2)C1C(=O)O. The highest BCUT2D eigenvalue weighted by Gasteiger charge is 2.39. The number of hydrogen-bond donors (Lipinski definition) is 1. The lowest BCUT2D eigenvalue weighted by molar-refractivity contribution is -0.149. The van der Waals surface area contributed by atoms with Crippen LogP contribution in [0.3, 0.4) is 0 Å². The first-order chi connectivity index (χ1) is 8.59. The first kappa shape index (κ1) is 13.4. The number of hydrogen-bond acceptors (Lipinski definition) is 2. The summed E-state index contributed by atoms with van der Waals surface area (Å²) in [6.45, 7) is 2.54. The Labute approximate surface area is 108 Å². The van der Waals surface area contributed by atoms with Crippen molar-refractivity contribution in [2.75, 3.05) is 6.54 Å². The predicted octanol–water partition coefficient (Wildman–Crippen LogP) is 2.28. The summed E-state index contributed by atoms with van der Waals surface area (Å²) in [5.41, 5.74) is 0. The summed E-state index contributed by atoms with van der Waals surface area (Å²) in [4.78, 5) is 25.1. The molecule has 4 nitrogen and oxygen atoms in total. The number of nitrogens with zero attached hydrogens (tertiary/aromatic N) is 1. The molecule has 1 aliphatic heterocycles. The Kier molecular flexibility index (Phi) is 4.25. The Morgan fingerprint density at radius 1 is 1.17 bits per heavy atom. The van der Waals surface area contributed by atoms with Crippen LogP contribution in [-0.4, -0.2) is 34.5 Å². The van der Waals surface area contributed by atoms with Gasteiger partial charge in [0.1, 0.15) is 6.04 Å². The molecule has 2 atom stereocenters. The lowest BCUT2D eigenvalue weighted by Gasteiger charge is -2.27. The van der Waals surface area contributed by atoms with E-state index in [0.717, 1.165) is 19.3 Å². The highest BCUT2D eigenvalue weighted by molar-refractivity contribution is 5.84. The molecular weight excluding hydrogens is 230 g/mol. The van der Waals surface area contributed by atoms with Crippen molar-refractivity contribution in [3.05, 3.63) is 0 Å². The fraction of sp³-hybridized carbons (Fsp3) is 0.857.